The molecule has 1 unspecified atom stereocenters. The Morgan fingerprint density at radius 2 is 2.29 bits per heavy atom. The number of aryl methyl sites for hydroxylation is 1. The van der Waals surface area contributed by atoms with Gasteiger partial charge in [-0.2, -0.15) is 0 Å². The van der Waals surface area contributed by atoms with E-state index in [1.165, 1.54) is 24.0 Å². The molecule has 0 amide bonds. The van der Waals surface area contributed by atoms with Crippen LogP contribution in [-0.2, 0) is 0 Å². The highest BCUT2D eigenvalue weighted by atomic mass is 35.5. The lowest BCUT2D eigenvalue weighted by atomic mass is 9.91. The molecule has 1 aromatic carbocycles. The monoisotopic (exact) mass is 209 g/mol. The van der Waals surface area contributed by atoms with Crippen molar-refractivity contribution in [2.45, 2.75) is 25.7 Å². The molecular weight excluding hydrogens is 194 g/mol. The first-order valence-corrected chi connectivity index (χ1v) is 5.62. The quantitative estimate of drug-likeness (QED) is 0.750. The van der Waals surface area contributed by atoms with Crippen LogP contribution in [0.25, 0.3) is 0 Å². The van der Waals surface area contributed by atoms with Crippen LogP contribution in [0.3, 0.4) is 0 Å². The molecule has 76 valence electrons. The third-order valence-corrected chi connectivity index (χ3v) is 3.37. The zero-order chi connectivity index (χ0) is 9.97. The molecule has 0 saturated carbocycles. The van der Waals surface area contributed by atoms with Gasteiger partial charge in [-0.1, -0.05) is 23.7 Å². The largest absolute Gasteiger partial charge is 0.316 e. The second-order valence-corrected chi connectivity index (χ2v) is 4.46. The van der Waals surface area contributed by atoms with E-state index in [0.717, 1.165) is 18.1 Å². The standard InChI is InChI=1S/C12H16ClN/c1-9-4-5-10(7-12(9)13)11-3-2-6-14-8-11/h4-5,7,11,14H,2-3,6,8H2,1H3. The Hall–Kier alpha value is -0.530. The van der Waals surface area contributed by atoms with Crippen molar-refractivity contribution in [3.05, 3.63) is 34.3 Å². The first kappa shape index (κ1) is 10.0. The fourth-order valence-electron chi connectivity index (χ4n) is 2.00. The van der Waals surface area contributed by atoms with Crippen LogP contribution in [0, 0.1) is 6.92 Å². The molecule has 1 nitrogen and oxygen atoms in total. The summed E-state index contributed by atoms with van der Waals surface area (Å²) in [4.78, 5) is 0. The number of halogens is 1. The minimum Gasteiger partial charge on any atom is -0.316 e. The number of nitrogens with one attached hydrogen (secondary N) is 1. The molecule has 2 heteroatoms. The number of piperidine rings is 1. The van der Waals surface area contributed by atoms with Gasteiger partial charge >= 0.3 is 0 Å². The predicted octanol–water partition coefficient (Wildman–Crippen LogP) is 3.12. The molecule has 0 aromatic heterocycles. The van der Waals surface area contributed by atoms with Gasteiger partial charge in [-0.25, -0.2) is 0 Å². The molecule has 1 N–H and O–H groups in total. The third kappa shape index (κ3) is 2.10. The molecule has 1 aliphatic rings. The fourth-order valence-corrected chi connectivity index (χ4v) is 2.19. The first-order chi connectivity index (χ1) is 6.77. The molecule has 0 aliphatic carbocycles. The molecule has 0 spiro atoms. The number of rotatable bonds is 1. The van der Waals surface area contributed by atoms with Crippen molar-refractivity contribution in [1.29, 1.82) is 0 Å². The van der Waals surface area contributed by atoms with Gasteiger partial charge in [0.05, 0.1) is 0 Å². The Bertz CT molecular complexity index is 316. The van der Waals surface area contributed by atoms with Crippen molar-refractivity contribution in [2.75, 3.05) is 13.1 Å². The SMILES string of the molecule is Cc1ccc(C2CCCNC2)cc1Cl. The normalized spacial score (nSPS) is 22.3. The summed E-state index contributed by atoms with van der Waals surface area (Å²) in [5.41, 5.74) is 2.55. The maximum absolute atomic E-state index is 6.11. The summed E-state index contributed by atoms with van der Waals surface area (Å²) in [5, 5.41) is 4.32. The Kier molecular flexibility index (Phi) is 3.09. The van der Waals surface area contributed by atoms with Crippen molar-refractivity contribution >= 4 is 11.6 Å². The van der Waals surface area contributed by atoms with Crippen molar-refractivity contribution < 1.29 is 0 Å². The lowest BCUT2D eigenvalue weighted by molar-refractivity contribution is 0.461. The van der Waals surface area contributed by atoms with Crippen LogP contribution in [0.4, 0.5) is 0 Å². The zero-order valence-corrected chi connectivity index (χ0v) is 9.27. The Labute approximate surface area is 90.5 Å². The van der Waals surface area contributed by atoms with E-state index >= 15 is 0 Å². The minimum absolute atomic E-state index is 0.654. The van der Waals surface area contributed by atoms with Crippen LogP contribution in [0.1, 0.15) is 29.9 Å². The summed E-state index contributed by atoms with van der Waals surface area (Å²) in [5.74, 6) is 0.654. The molecule has 1 saturated heterocycles. The smallest absolute Gasteiger partial charge is 0.0438 e. The summed E-state index contributed by atoms with van der Waals surface area (Å²) >= 11 is 6.11. The number of benzene rings is 1. The van der Waals surface area contributed by atoms with E-state index in [-0.39, 0.29) is 0 Å². The van der Waals surface area contributed by atoms with Crippen LogP contribution < -0.4 is 5.32 Å². The van der Waals surface area contributed by atoms with Gasteiger partial charge in [-0.3, -0.25) is 0 Å². The van der Waals surface area contributed by atoms with Gasteiger partial charge in [-0.15, -0.1) is 0 Å². The molecule has 1 fully saturated rings. The molecule has 0 bridgehead atoms. The predicted molar refractivity (Wildman–Crippen MR) is 61.0 cm³/mol. The van der Waals surface area contributed by atoms with Crippen LogP contribution in [0.15, 0.2) is 18.2 Å². The highest BCUT2D eigenvalue weighted by molar-refractivity contribution is 6.31. The Morgan fingerprint density at radius 1 is 1.43 bits per heavy atom. The summed E-state index contributed by atoms with van der Waals surface area (Å²) in [6, 6.07) is 6.44. The molecular formula is C12H16ClN. The Balaban J connectivity index is 2.18. The summed E-state index contributed by atoms with van der Waals surface area (Å²) < 4.78 is 0. The van der Waals surface area contributed by atoms with E-state index in [9.17, 15) is 0 Å². The van der Waals surface area contributed by atoms with Crippen molar-refractivity contribution in [3.8, 4) is 0 Å². The topological polar surface area (TPSA) is 12.0 Å². The highest BCUT2D eigenvalue weighted by Gasteiger charge is 2.15. The molecule has 1 heterocycles. The van der Waals surface area contributed by atoms with Crippen LogP contribution in [0.2, 0.25) is 5.02 Å². The lowest BCUT2D eigenvalue weighted by Gasteiger charge is -2.23. The molecule has 1 aromatic rings. The summed E-state index contributed by atoms with van der Waals surface area (Å²) in [7, 11) is 0. The molecule has 2 rings (SSSR count). The van der Waals surface area contributed by atoms with E-state index in [0.29, 0.717) is 5.92 Å². The molecule has 0 radical (unpaired) electrons. The van der Waals surface area contributed by atoms with Gasteiger partial charge in [0.1, 0.15) is 0 Å². The summed E-state index contributed by atoms with van der Waals surface area (Å²) in [6.45, 7) is 4.31. The van der Waals surface area contributed by atoms with Gasteiger partial charge < -0.3 is 5.32 Å². The molecule has 1 aliphatic heterocycles. The maximum atomic E-state index is 6.11. The van der Waals surface area contributed by atoms with E-state index < -0.39 is 0 Å². The van der Waals surface area contributed by atoms with Crippen molar-refractivity contribution in [2.24, 2.45) is 0 Å². The van der Waals surface area contributed by atoms with Crippen LogP contribution in [-0.4, -0.2) is 13.1 Å². The maximum Gasteiger partial charge on any atom is 0.0438 e. The van der Waals surface area contributed by atoms with Crippen molar-refractivity contribution in [1.82, 2.24) is 5.32 Å². The summed E-state index contributed by atoms with van der Waals surface area (Å²) in [6.07, 6.45) is 2.56. The lowest BCUT2D eigenvalue weighted by Crippen LogP contribution is -2.28. The average Bonchev–Trinajstić information content (AvgIpc) is 2.23. The molecule has 1 atom stereocenters. The average molecular weight is 210 g/mol. The van der Waals surface area contributed by atoms with Gasteiger partial charge in [0.15, 0.2) is 0 Å². The third-order valence-electron chi connectivity index (χ3n) is 2.96. The highest BCUT2D eigenvalue weighted by Crippen LogP contribution is 2.26. The van der Waals surface area contributed by atoms with E-state index in [2.05, 4.69) is 23.5 Å². The van der Waals surface area contributed by atoms with E-state index in [1.807, 2.05) is 6.92 Å². The van der Waals surface area contributed by atoms with Crippen LogP contribution in [0.5, 0.6) is 0 Å². The minimum atomic E-state index is 0.654. The fraction of sp³-hybridized carbons (Fsp3) is 0.500. The number of hydrogen-bond acceptors (Lipinski definition) is 1. The zero-order valence-electron chi connectivity index (χ0n) is 8.52. The van der Waals surface area contributed by atoms with E-state index in [4.69, 9.17) is 11.6 Å². The Morgan fingerprint density at radius 3 is 2.93 bits per heavy atom. The molecule has 14 heavy (non-hydrogen) atoms. The second kappa shape index (κ2) is 4.33. The van der Waals surface area contributed by atoms with Gasteiger partial charge in [0, 0.05) is 11.6 Å². The van der Waals surface area contributed by atoms with Crippen molar-refractivity contribution in [3.63, 3.8) is 0 Å². The number of hydrogen-bond donors (Lipinski definition) is 1. The second-order valence-electron chi connectivity index (χ2n) is 4.05. The van der Waals surface area contributed by atoms with Gasteiger partial charge in [0.25, 0.3) is 0 Å². The van der Waals surface area contributed by atoms with Gasteiger partial charge in [-0.05, 0) is 49.4 Å². The van der Waals surface area contributed by atoms with Gasteiger partial charge in [0.2, 0.25) is 0 Å². The van der Waals surface area contributed by atoms with Crippen LogP contribution >= 0.6 is 11.6 Å². The first-order valence-electron chi connectivity index (χ1n) is 5.24. The van der Waals surface area contributed by atoms with E-state index in [1.54, 1.807) is 0 Å².